The van der Waals surface area contributed by atoms with Gasteiger partial charge in [0.1, 0.15) is 18.0 Å². The molecule has 3 aliphatic rings. The predicted octanol–water partition coefficient (Wildman–Crippen LogP) is 10.4. The molecule has 4 nitrogen and oxygen atoms in total. The number of rotatable bonds is 9. The van der Waals surface area contributed by atoms with Crippen LogP contribution in [-0.4, -0.2) is 36.6 Å². The van der Waals surface area contributed by atoms with Crippen molar-refractivity contribution in [1.29, 1.82) is 0 Å². The van der Waals surface area contributed by atoms with Crippen molar-refractivity contribution in [3.63, 3.8) is 0 Å². The molecule has 0 amide bonds. The number of nitrogens with zero attached hydrogens (tertiary/aromatic N) is 2. The summed E-state index contributed by atoms with van der Waals surface area (Å²) in [6.45, 7) is 25.4. The molecular weight excluding hydrogens is 576 g/mol. The number of hydrogen-bond donors (Lipinski definition) is 0. The highest BCUT2D eigenvalue weighted by Gasteiger charge is 2.45. The molecule has 0 bridgehead atoms. The van der Waals surface area contributed by atoms with Gasteiger partial charge in [0.15, 0.2) is 5.71 Å². The first-order valence-corrected chi connectivity index (χ1v) is 17.2. The molecule has 1 aliphatic carbocycles. The molecule has 2 aromatic carbocycles. The summed E-state index contributed by atoms with van der Waals surface area (Å²) in [7, 11) is 0. The summed E-state index contributed by atoms with van der Waals surface area (Å²) >= 11 is 7.20. The second-order valence-corrected chi connectivity index (χ2v) is 13.9. The summed E-state index contributed by atoms with van der Waals surface area (Å²) in [5.74, 6) is 1.90. The Bertz CT molecular complexity index is 1650. The van der Waals surface area contributed by atoms with Gasteiger partial charge >= 0.3 is 0 Å². The van der Waals surface area contributed by atoms with Crippen molar-refractivity contribution in [2.24, 2.45) is 0 Å². The molecule has 5 rings (SSSR count). The zero-order valence-corrected chi connectivity index (χ0v) is 29.9. The number of halogens is 1. The fourth-order valence-corrected chi connectivity index (χ4v) is 7.99. The van der Waals surface area contributed by atoms with Crippen LogP contribution in [0.15, 0.2) is 70.4 Å². The van der Waals surface area contributed by atoms with Crippen LogP contribution in [0.2, 0.25) is 0 Å². The minimum Gasteiger partial charge on any atom is -0.494 e. The van der Waals surface area contributed by atoms with E-state index in [-0.39, 0.29) is 10.8 Å². The van der Waals surface area contributed by atoms with Gasteiger partial charge in [-0.05, 0) is 127 Å². The molecule has 0 saturated carbocycles. The normalized spacial score (nSPS) is 20.6. The van der Waals surface area contributed by atoms with E-state index in [1.165, 1.54) is 56.2 Å². The number of aryl methyl sites for hydroxylation is 2. The molecular formula is C40H52ClN2O2+. The fraction of sp³-hybridized carbons (Fsp3) is 0.475. The zero-order valence-electron chi connectivity index (χ0n) is 29.2. The molecule has 0 spiro atoms. The second-order valence-electron chi connectivity index (χ2n) is 13.5. The lowest BCUT2D eigenvalue weighted by Crippen LogP contribution is -2.27. The SMILES string of the molecule is CCOc1cc(C)c2c(c1)C(C)(C)C(/C=C/C1=C(Cl)C(=C/C=C3\N(CC)c4c(C)cc(OCC)cc4C3(C)C)/CCC1)=[N+]2CC. The molecule has 0 saturated heterocycles. The van der Waals surface area contributed by atoms with Gasteiger partial charge in [-0.25, -0.2) is 0 Å². The van der Waals surface area contributed by atoms with Crippen molar-refractivity contribution in [3.05, 3.63) is 92.7 Å². The van der Waals surface area contributed by atoms with Gasteiger partial charge in [-0.3, -0.25) is 0 Å². The molecule has 2 aromatic rings. The molecule has 240 valence electrons. The molecule has 0 fully saturated rings. The number of likely N-dealkylation sites (N-methyl/N-ethyl adjacent to an activating group) is 1. The van der Waals surface area contributed by atoms with Crippen LogP contribution in [0, 0.1) is 13.8 Å². The van der Waals surface area contributed by atoms with Crippen molar-refractivity contribution in [1.82, 2.24) is 0 Å². The standard InChI is InChI=1S/C40H52ClN2O2/c1-11-42-34(39(7,8)32-24-30(44-13-3)22-26(5)37(32)42)20-18-28-16-15-17-29(36(28)41)19-21-35-40(9,10)33-25-31(45-14-4)23-27(6)38(33)43(35)12-2/h18-25H,11-17H2,1-10H3/q+1. The maximum Gasteiger partial charge on any atom is 0.212 e. The summed E-state index contributed by atoms with van der Waals surface area (Å²) in [5, 5.41) is 0.896. The Morgan fingerprint density at radius 1 is 0.822 bits per heavy atom. The smallest absolute Gasteiger partial charge is 0.212 e. The number of fused-ring (bicyclic) bond motifs is 2. The molecule has 45 heavy (non-hydrogen) atoms. The van der Waals surface area contributed by atoms with Gasteiger partial charge in [0.25, 0.3) is 0 Å². The van der Waals surface area contributed by atoms with Gasteiger partial charge in [0.2, 0.25) is 5.69 Å². The maximum atomic E-state index is 7.20. The average molecular weight is 628 g/mol. The van der Waals surface area contributed by atoms with Gasteiger partial charge < -0.3 is 14.4 Å². The second kappa shape index (κ2) is 12.9. The molecule has 2 aliphatic heterocycles. The van der Waals surface area contributed by atoms with E-state index in [2.05, 4.69) is 113 Å². The Kier molecular flexibility index (Phi) is 9.48. The number of hydrogen-bond acceptors (Lipinski definition) is 3. The van der Waals surface area contributed by atoms with Crippen LogP contribution in [-0.2, 0) is 10.8 Å². The van der Waals surface area contributed by atoms with Crippen molar-refractivity contribution in [2.75, 3.05) is 31.2 Å². The first-order valence-electron chi connectivity index (χ1n) is 16.9. The Labute approximate surface area is 276 Å². The van der Waals surface area contributed by atoms with Crippen LogP contribution in [0.4, 0.5) is 11.4 Å². The van der Waals surface area contributed by atoms with E-state index in [4.69, 9.17) is 21.1 Å². The van der Waals surface area contributed by atoms with Gasteiger partial charge in [0.05, 0.1) is 18.6 Å². The Balaban J connectivity index is 1.49. The Morgan fingerprint density at radius 3 is 2.09 bits per heavy atom. The number of benzene rings is 2. The van der Waals surface area contributed by atoms with E-state index in [0.717, 1.165) is 48.9 Å². The number of anilines is 1. The molecule has 0 N–H and O–H groups in total. The first kappa shape index (κ1) is 33.1. The lowest BCUT2D eigenvalue weighted by Gasteiger charge is -2.26. The fourth-order valence-electron chi connectivity index (χ4n) is 7.67. The summed E-state index contributed by atoms with van der Waals surface area (Å²) in [4.78, 5) is 2.47. The van der Waals surface area contributed by atoms with Crippen LogP contribution < -0.4 is 14.4 Å². The third-order valence-electron chi connectivity index (χ3n) is 9.89. The predicted molar refractivity (Wildman–Crippen MR) is 191 cm³/mol. The summed E-state index contributed by atoms with van der Waals surface area (Å²) < 4.78 is 14.3. The molecule has 5 heteroatoms. The first-order chi connectivity index (χ1) is 21.4. The largest absolute Gasteiger partial charge is 0.494 e. The van der Waals surface area contributed by atoms with E-state index >= 15 is 0 Å². The van der Waals surface area contributed by atoms with Crippen LogP contribution >= 0.6 is 11.6 Å². The molecule has 0 radical (unpaired) electrons. The quantitative estimate of drug-likeness (QED) is 0.259. The van der Waals surface area contributed by atoms with Crippen molar-refractivity contribution < 1.29 is 14.0 Å². The molecule has 2 heterocycles. The summed E-state index contributed by atoms with van der Waals surface area (Å²) in [5.41, 5.74) is 12.5. The third kappa shape index (κ3) is 5.80. The maximum absolute atomic E-state index is 7.20. The van der Waals surface area contributed by atoms with Crippen molar-refractivity contribution >= 4 is 28.7 Å². The minimum absolute atomic E-state index is 0.142. The zero-order chi connectivity index (χ0) is 32.7. The molecule has 0 aromatic heterocycles. The van der Waals surface area contributed by atoms with Crippen LogP contribution in [0.5, 0.6) is 11.5 Å². The van der Waals surface area contributed by atoms with Crippen molar-refractivity contribution in [3.8, 4) is 11.5 Å². The lowest BCUT2D eigenvalue weighted by molar-refractivity contribution is -0.433. The van der Waals surface area contributed by atoms with Crippen molar-refractivity contribution in [2.45, 2.75) is 99.3 Å². The lowest BCUT2D eigenvalue weighted by atomic mass is 9.80. The van der Waals surface area contributed by atoms with Crippen LogP contribution in [0.3, 0.4) is 0 Å². The Morgan fingerprint density at radius 2 is 1.47 bits per heavy atom. The van der Waals surface area contributed by atoms with Gasteiger partial charge in [-0.2, -0.15) is 4.58 Å². The van der Waals surface area contributed by atoms with E-state index in [0.29, 0.717) is 13.2 Å². The highest BCUT2D eigenvalue weighted by molar-refractivity contribution is 6.32. The van der Waals surface area contributed by atoms with Crippen LogP contribution in [0.25, 0.3) is 0 Å². The Hall–Kier alpha value is -3.24. The van der Waals surface area contributed by atoms with Gasteiger partial charge in [0, 0.05) is 45.6 Å². The van der Waals surface area contributed by atoms with E-state index in [1.807, 2.05) is 13.8 Å². The van der Waals surface area contributed by atoms with Gasteiger partial charge in [-0.15, -0.1) is 0 Å². The topological polar surface area (TPSA) is 24.7 Å². The molecule has 0 atom stereocenters. The third-order valence-corrected chi connectivity index (χ3v) is 10.4. The number of allylic oxidation sites excluding steroid dienone is 8. The van der Waals surface area contributed by atoms with E-state index in [9.17, 15) is 0 Å². The number of ether oxygens (including phenoxy) is 2. The minimum atomic E-state index is -0.142. The average Bonchev–Trinajstić information content (AvgIpc) is 3.35. The van der Waals surface area contributed by atoms with Gasteiger partial charge in [-0.1, -0.05) is 37.6 Å². The highest BCUT2D eigenvalue weighted by atomic mass is 35.5. The summed E-state index contributed by atoms with van der Waals surface area (Å²) in [6, 6.07) is 8.81. The van der Waals surface area contributed by atoms with E-state index in [1.54, 1.807) is 0 Å². The van der Waals surface area contributed by atoms with E-state index < -0.39 is 0 Å². The summed E-state index contributed by atoms with van der Waals surface area (Å²) in [6.07, 6.45) is 12.3. The monoisotopic (exact) mass is 627 g/mol. The molecule has 0 unspecified atom stereocenters. The van der Waals surface area contributed by atoms with Crippen LogP contribution in [0.1, 0.15) is 96.9 Å². The highest BCUT2D eigenvalue weighted by Crippen LogP contribution is 2.51.